The zero-order valence-corrected chi connectivity index (χ0v) is 21.3. The lowest BCUT2D eigenvalue weighted by molar-refractivity contribution is 0.318. The highest BCUT2D eigenvalue weighted by atomic mass is 35.5. The molecule has 34 heavy (non-hydrogen) atoms. The lowest BCUT2D eigenvalue weighted by Gasteiger charge is -2.19. The summed E-state index contributed by atoms with van der Waals surface area (Å²) in [5, 5.41) is 8.44. The van der Waals surface area contributed by atoms with Gasteiger partial charge in [-0.25, -0.2) is 12.8 Å². The Morgan fingerprint density at radius 2 is 1.74 bits per heavy atom. The van der Waals surface area contributed by atoms with Gasteiger partial charge in [-0.3, -0.25) is 9.62 Å². The molecule has 4 rings (SSSR count). The normalized spacial score (nSPS) is 15.1. The van der Waals surface area contributed by atoms with E-state index < -0.39 is 15.8 Å². The van der Waals surface area contributed by atoms with Crippen molar-refractivity contribution < 1.29 is 12.8 Å². The van der Waals surface area contributed by atoms with E-state index in [1.807, 2.05) is 7.05 Å². The third-order valence-electron chi connectivity index (χ3n) is 6.11. The van der Waals surface area contributed by atoms with Gasteiger partial charge in [0.2, 0.25) is 0 Å². The van der Waals surface area contributed by atoms with Gasteiger partial charge in [0.1, 0.15) is 11.6 Å². The summed E-state index contributed by atoms with van der Waals surface area (Å²) in [6, 6.07) is 9.11. The van der Waals surface area contributed by atoms with E-state index in [1.165, 1.54) is 6.07 Å². The van der Waals surface area contributed by atoms with Crippen molar-refractivity contribution >= 4 is 27.3 Å². The lowest BCUT2D eigenvalue weighted by Crippen LogP contribution is -2.20. The molecule has 182 valence electrons. The minimum Gasteiger partial charge on any atom is -0.313 e. The Bertz CT molecular complexity index is 1290. The number of nitrogens with zero attached hydrogens (tertiary/aromatic N) is 4. The van der Waals surface area contributed by atoms with Crippen LogP contribution < -0.4 is 4.72 Å². The number of anilines is 1. The molecule has 1 aliphatic rings. The fourth-order valence-corrected chi connectivity index (χ4v) is 5.26. The molecule has 0 atom stereocenters. The molecule has 1 fully saturated rings. The van der Waals surface area contributed by atoms with Gasteiger partial charge in [0.25, 0.3) is 10.0 Å². The van der Waals surface area contributed by atoms with E-state index in [-0.39, 0.29) is 21.0 Å². The maximum Gasteiger partial charge on any atom is 0.261 e. The molecule has 10 heteroatoms. The summed E-state index contributed by atoms with van der Waals surface area (Å²) in [6.07, 6.45) is 2.31. The maximum atomic E-state index is 14.4. The second kappa shape index (κ2) is 9.28. The van der Waals surface area contributed by atoms with Crippen LogP contribution in [0.2, 0.25) is 5.02 Å². The number of rotatable bonds is 6. The highest BCUT2D eigenvalue weighted by Crippen LogP contribution is 2.34. The first-order chi connectivity index (χ1) is 16.0. The summed E-state index contributed by atoms with van der Waals surface area (Å²) < 4.78 is 45.0. The van der Waals surface area contributed by atoms with Crippen LogP contribution in [0, 0.1) is 5.82 Å². The Hall–Kier alpha value is -2.49. The summed E-state index contributed by atoms with van der Waals surface area (Å²) in [5.74, 6) is 0.409. The second-order valence-corrected chi connectivity index (χ2v) is 11.8. The summed E-state index contributed by atoms with van der Waals surface area (Å²) in [7, 11) is -2.18. The first-order valence-electron chi connectivity index (χ1n) is 11.2. The van der Waals surface area contributed by atoms with Crippen molar-refractivity contribution in [3.8, 4) is 11.4 Å². The highest BCUT2D eigenvalue weighted by molar-refractivity contribution is 7.92. The summed E-state index contributed by atoms with van der Waals surface area (Å²) in [6.45, 7) is 8.80. The van der Waals surface area contributed by atoms with Crippen LogP contribution in [-0.4, -0.2) is 41.2 Å². The van der Waals surface area contributed by atoms with E-state index in [9.17, 15) is 12.8 Å². The Morgan fingerprint density at radius 3 is 2.35 bits per heavy atom. The molecule has 1 aliphatic heterocycles. The number of hydrogen-bond donors (Lipinski definition) is 1. The van der Waals surface area contributed by atoms with Crippen molar-refractivity contribution in [2.45, 2.75) is 50.5 Å². The number of hydrogen-bond acceptors (Lipinski definition) is 5. The van der Waals surface area contributed by atoms with Crippen molar-refractivity contribution in [3.05, 3.63) is 58.6 Å². The van der Waals surface area contributed by atoms with Crippen LogP contribution in [0.3, 0.4) is 0 Å². The van der Waals surface area contributed by atoms with Gasteiger partial charge >= 0.3 is 0 Å². The molecule has 7 nitrogen and oxygen atoms in total. The van der Waals surface area contributed by atoms with Crippen LogP contribution in [-0.2, 0) is 29.0 Å². The molecule has 1 N–H and O–H groups in total. The zero-order valence-electron chi connectivity index (χ0n) is 19.8. The van der Waals surface area contributed by atoms with Gasteiger partial charge in [0, 0.05) is 18.7 Å². The van der Waals surface area contributed by atoms with Crippen molar-refractivity contribution in [2.24, 2.45) is 7.05 Å². The monoisotopic (exact) mass is 505 g/mol. The molecule has 1 aromatic heterocycles. The third kappa shape index (κ3) is 5.11. The molecular formula is C24H29ClFN5O2S. The van der Waals surface area contributed by atoms with Gasteiger partial charge < -0.3 is 4.57 Å². The molecular weight excluding hydrogens is 477 g/mol. The molecule has 1 saturated heterocycles. The van der Waals surface area contributed by atoms with E-state index in [0.29, 0.717) is 17.9 Å². The number of halogens is 2. The fourth-order valence-electron chi connectivity index (χ4n) is 4.03. The predicted molar refractivity (Wildman–Crippen MR) is 132 cm³/mol. The SMILES string of the molecule is Cn1c(CN2CCCC2)nnc1-c1cc(Cl)c(F)cc1NS(=O)(=O)c1ccc(C(C)(C)C)cc1. The molecule has 0 radical (unpaired) electrons. The molecule has 0 spiro atoms. The number of benzene rings is 2. The maximum absolute atomic E-state index is 14.4. The molecule has 0 unspecified atom stereocenters. The van der Waals surface area contributed by atoms with Crippen molar-refractivity contribution in [1.82, 2.24) is 19.7 Å². The molecule has 0 amide bonds. The van der Waals surface area contributed by atoms with Crippen LogP contribution in [0.1, 0.15) is 45.0 Å². The van der Waals surface area contributed by atoms with E-state index in [4.69, 9.17) is 11.6 Å². The lowest BCUT2D eigenvalue weighted by atomic mass is 9.87. The largest absolute Gasteiger partial charge is 0.313 e. The Labute approximate surface area is 205 Å². The van der Waals surface area contributed by atoms with Crippen LogP contribution in [0.5, 0.6) is 0 Å². The molecule has 2 aromatic carbocycles. The molecule has 0 aliphatic carbocycles. The van der Waals surface area contributed by atoms with Crippen LogP contribution in [0.4, 0.5) is 10.1 Å². The summed E-state index contributed by atoms with van der Waals surface area (Å²) >= 11 is 6.06. The average Bonchev–Trinajstić information content (AvgIpc) is 3.40. The summed E-state index contributed by atoms with van der Waals surface area (Å²) in [5.41, 5.74) is 1.29. The van der Waals surface area contributed by atoms with Gasteiger partial charge in [-0.1, -0.05) is 44.5 Å². The smallest absolute Gasteiger partial charge is 0.261 e. The molecule has 0 saturated carbocycles. The molecule has 3 aromatic rings. The number of likely N-dealkylation sites (tertiary alicyclic amines) is 1. The van der Waals surface area contributed by atoms with Crippen LogP contribution >= 0.6 is 11.6 Å². The molecule has 2 heterocycles. The third-order valence-corrected chi connectivity index (χ3v) is 7.78. The predicted octanol–water partition coefficient (Wildman–Crippen LogP) is 4.97. The molecule has 0 bridgehead atoms. The minimum absolute atomic E-state index is 0.0463. The van der Waals surface area contributed by atoms with Gasteiger partial charge in [0.05, 0.1) is 22.2 Å². The second-order valence-electron chi connectivity index (χ2n) is 9.67. The van der Waals surface area contributed by atoms with E-state index >= 15 is 0 Å². The average molecular weight is 506 g/mol. The van der Waals surface area contributed by atoms with Crippen molar-refractivity contribution in [1.29, 1.82) is 0 Å². The van der Waals surface area contributed by atoms with Gasteiger partial charge in [0.15, 0.2) is 5.82 Å². The van der Waals surface area contributed by atoms with Gasteiger partial charge in [-0.2, -0.15) is 0 Å². The highest BCUT2D eigenvalue weighted by Gasteiger charge is 2.23. The Morgan fingerprint density at radius 1 is 1.09 bits per heavy atom. The topological polar surface area (TPSA) is 80.1 Å². The summed E-state index contributed by atoms with van der Waals surface area (Å²) in [4.78, 5) is 2.37. The van der Waals surface area contributed by atoms with E-state index in [1.54, 1.807) is 28.8 Å². The number of aromatic nitrogens is 3. The Kier molecular flexibility index (Phi) is 6.72. The van der Waals surface area contributed by atoms with E-state index in [2.05, 4.69) is 40.6 Å². The quantitative estimate of drug-likeness (QED) is 0.511. The van der Waals surface area contributed by atoms with Gasteiger partial charge in [-0.05, 0) is 55.1 Å². The van der Waals surface area contributed by atoms with Crippen molar-refractivity contribution in [2.75, 3.05) is 17.8 Å². The first-order valence-corrected chi connectivity index (χ1v) is 13.1. The first kappa shape index (κ1) is 24.6. The number of sulfonamides is 1. The van der Waals surface area contributed by atoms with Crippen LogP contribution in [0.25, 0.3) is 11.4 Å². The fraction of sp³-hybridized carbons (Fsp3) is 0.417. The zero-order chi connectivity index (χ0) is 24.7. The van der Waals surface area contributed by atoms with Crippen molar-refractivity contribution in [3.63, 3.8) is 0 Å². The number of nitrogens with one attached hydrogen (secondary N) is 1. The Balaban J connectivity index is 1.68. The van der Waals surface area contributed by atoms with Crippen LogP contribution in [0.15, 0.2) is 41.3 Å². The minimum atomic E-state index is -3.99. The van der Waals surface area contributed by atoms with Gasteiger partial charge in [-0.15, -0.1) is 10.2 Å². The standard InChI is InChI=1S/C24H29ClFN5O2S/c1-24(2,3)16-7-9-17(10-8-16)34(32,33)29-21-14-20(26)19(25)13-18(21)23-28-27-22(30(23)4)15-31-11-5-6-12-31/h7-10,13-14,29H,5-6,11-12,15H2,1-4H3. The van der Waals surface area contributed by atoms with E-state index in [0.717, 1.165) is 43.4 Å².